The van der Waals surface area contributed by atoms with Crippen LogP contribution >= 0.6 is 0 Å². The van der Waals surface area contributed by atoms with E-state index in [9.17, 15) is 18.8 Å². The zero-order valence-corrected chi connectivity index (χ0v) is 21.9. The highest BCUT2D eigenvalue weighted by Crippen LogP contribution is 2.61. The Hall–Kier alpha value is -4.91. The summed E-state index contributed by atoms with van der Waals surface area (Å²) in [7, 11) is 1.49. The van der Waals surface area contributed by atoms with Crippen LogP contribution in [0.2, 0.25) is 0 Å². The Balaban J connectivity index is 1.56. The third kappa shape index (κ3) is 3.35. The molecule has 0 radical (unpaired) electrons. The van der Waals surface area contributed by atoms with E-state index >= 15 is 4.39 Å². The van der Waals surface area contributed by atoms with Gasteiger partial charge in [-0.05, 0) is 42.0 Å². The van der Waals surface area contributed by atoms with Crippen LogP contribution in [0, 0.1) is 17.0 Å². The molecule has 41 heavy (non-hydrogen) atoms. The molecule has 0 aromatic heterocycles. The van der Waals surface area contributed by atoms with Crippen molar-refractivity contribution in [3.63, 3.8) is 0 Å². The maximum Gasteiger partial charge on any atom is 0.186 e. The topological polar surface area (TPSA) is 63.7 Å². The van der Waals surface area contributed by atoms with Crippen LogP contribution in [0.25, 0.3) is 6.08 Å². The highest BCUT2D eigenvalue weighted by molar-refractivity contribution is 6.32. The molecule has 1 fully saturated rings. The summed E-state index contributed by atoms with van der Waals surface area (Å²) < 4.78 is 35.5. The van der Waals surface area contributed by atoms with Crippen molar-refractivity contribution in [2.45, 2.75) is 18.0 Å². The molecule has 5 nitrogen and oxygen atoms in total. The normalized spacial score (nSPS) is 21.5. The number of rotatable bonds is 4. The Bertz CT molecular complexity index is 1780. The molecule has 1 saturated heterocycles. The third-order valence-electron chi connectivity index (χ3n) is 8.63. The molecule has 7 rings (SSSR count). The van der Waals surface area contributed by atoms with Gasteiger partial charge in [-0.25, -0.2) is 8.78 Å². The number of halogens is 2. The van der Waals surface area contributed by atoms with E-state index in [-0.39, 0.29) is 22.3 Å². The number of anilines is 1. The van der Waals surface area contributed by atoms with Gasteiger partial charge in [-0.2, -0.15) is 0 Å². The van der Waals surface area contributed by atoms with Crippen molar-refractivity contribution in [3.05, 3.63) is 137 Å². The lowest BCUT2D eigenvalue weighted by molar-refractivity contribution is 0.0664. The number of methoxy groups -OCH3 is 1. The lowest BCUT2D eigenvalue weighted by Gasteiger charge is -2.37. The Morgan fingerprint density at radius 3 is 2.27 bits per heavy atom. The number of ketones is 3. The van der Waals surface area contributed by atoms with Gasteiger partial charge in [0, 0.05) is 33.9 Å². The van der Waals surface area contributed by atoms with Gasteiger partial charge in [0.1, 0.15) is 28.8 Å². The maximum absolute atomic E-state index is 15.8. The highest BCUT2D eigenvalue weighted by Gasteiger charge is 2.71. The van der Waals surface area contributed by atoms with Crippen LogP contribution in [0.15, 0.2) is 97.1 Å². The summed E-state index contributed by atoms with van der Waals surface area (Å²) >= 11 is 0. The minimum absolute atomic E-state index is 0.0923. The largest absolute Gasteiger partial charge is 0.497 e. The van der Waals surface area contributed by atoms with E-state index in [1.165, 1.54) is 37.4 Å². The summed E-state index contributed by atoms with van der Waals surface area (Å²) in [6.45, 7) is 0. The number of carbonyl (C=O) groups is 3. The van der Waals surface area contributed by atoms with E-state index in [4.69, 9.17) is 4.74 Å². The van der Waals surface area contributed by atoms with Gasteiger partial charge in [0.05, 0.1) is 13.2 Å². The SMILES string of the molecule is COc1cccc(C(=O)[C@@H]2[C@H](c3ccccc3F)C3(C(=O)c4ccccc4C3=O)[C@@H]3C=Cc4cc(F)ccc4N23)c1. The molecule has 0 saturated carbocycles. The van der Waals surface area contributed by atoms with Crippen LogP contribution in [0.4, 0.5) is 14.5 Å². The molecule has 0 N–H and O–H groups in total. The smallest absolute Gasteiger partial charge is 0.186 e. The molecule has 2 heterocycles. The number of nitrogens with zero attached hydrogens (tertiary/aromatic N) is 1. The summed E-state index contributed by atoms with van der Waals surface area (Å²) in [6.07, 6.45) is 3.35. The van der Waals surface area contributed by atoms with Crippen LogP contribution in [-0.4, -0.2) is 36.5 Å². The van der Waals surface area contributed by atoms with Crippen LogP contribution < -0.4 is 9.64 Å². The number of fused-ring (bicyclic) bond motifs is 5. The molecule has 3 aliphatic rings. The number of ether oxygens (including phenoxy) is 1. The zero-order valence-electron chi connectivity index (χ0n) is 21.9. The maximum atomic E-state index is 15.8. The number of hydrogen-bond acceptors (Lipinski definition) is 5. The lowest BCUT2D eigenvalue weighted by atomic mass is 9.64. The summed E-state index contributed by atoms with van der Waals surface area (Å²) in [5, 5.41) is 0. The summed E-state index contributed by atoms with van der Waals surface area (Å²) in [5.74, 6) is -3.18. The highest BCUT2D eigenvalue weighted by atomic mass is 19.1. The molecule has 0 bridgehead atoms. The summed E-state index contributed by atoms with van der Waals surface area (Å²) in [4.78, 5) is 45.5. The molecule has 0 amide bonds. The minimum atomic E-state index is -1.84. The molecule has 0 unspecified atom stereocenters. The van der Waals surface area contributed by atoms with Crippen LogP contribution in [0.5, 0.6) is 5.75 Å². The van der Waals surface area contributed by atoms with E-state index in [1.807, 2.05) is 0 Å². The molecular formula is C34H23F2NO4. The van der Waals surface area contributed by atoms with E-state index in [0.29, 0.717) is 17.0 Å². The van der Waals surface area contributed by atoms with Crippen molar-refractivity contribution < 1.29 is 27.9 Å². The second kappa shape index (κ2) is 9.06. The van der Waals surface area contributed by atoms with Gasteiger partial charge in [-0.3, -0.25) is 14.4 Å². The predicted molar refractivity (Wildman–Crippen MR) is 149 cm³/mol. The van der Waals surface area contributed by atoms with Gasteiger partial charge in [0.25, 0.3) is 0 Å². The van der Waals surface area contributed by atoms with Crippen molar-refractivity contribution in [3.8, 4) is 5.75 Å². The van der Waals surface area contributed by atoms with E-state index in [1.54, 1.807) is 77.7 Å². The third-order valence-corrected chi connectivity index (χ3v) is 8.63. The predicted octanol–water partition coefficient (Wildman–Crippen LogP) is 6.29. The fourth-order valence-electron chi connectivity index (χ4n) is 6.97. The first-order chi connectivity index (χ1) is 19.9. The van der Waals surface area contributed by atoms with E-state index in [2.05, 4.69) is 0 Å². The fraction of sp³-hybridized carbons (Fsp3) is 0.147. The van der Waals surface area contributed by atoms with E-state index in [0.717, 1.165) is 0 Å². The number of Topliss-reactive ketones (excluding diaryl/α,β-unsaturated/α-hetero) is 3. The van der Waals surface area contributed by atoms with Crippen molar-refractivity contribution >= 4 is 29.1 Å². The lowest BCUT2D eigenvalue weighted by Crippen LogP contribution is -2.48. The average Bonchev–Trinajstić information content (AvgIpc) is 3.43. The molecule has 202 valence electrons. The molecule has 2 aliphatic heterocycles. The van der Waals surface area contributed by atoms with E-state index < -0.39 is 52.4 Å². The molecule has 1 aliphatic carbocycles. The Morgan fingerprint density at radius 1 is 0.854 bits per heavy atom. The minimum Gasteiger partial charge on any atom is -0.497 e. The first-order valence-corrected chi connectivity index (χ1v) is 13.3. The molecule has 4 aromatic rings. The van der Waals surface area contributed by atoms with Crippen molar-refractivity contribution in [1.29, 1.82) is 0 Å². The van der Waals surface area contributed by atoms with Crippen molar-refractivity contribution in [2.75, 3.05) is 12.0 Å². The summed E-state index contributed by atoms with van der Waals surface area (Å²) in [6, 6.07) is 21.1. The van der Waals surface area contributed by atoms with Crippen LogP contribution in [0.1, 0.15) is 48.1 Å². The van der Waals surface area contributed by atoms with Gasteiger partial charge in [0.15, 0.2) is 17.3 Å². The molecule has 1 spiro atoms. The molecule has 7 heteroatoms. The Kier molecular flexibility index (Phi) is 5.54. The van der Waals surface area contributed by atoms with Crippen molar-refractivity contribution in [2.24, 2.45) is 5.41 Å². The molecule has 3 atom stereocenters. The summed E-state index contributed by atoms with van der Waals surface area (Å²) in [5.41, 5.74) is -0.0134. The Morgan fingerprint density at radius 2 is 1.56 bits per heavy atom. The van der Waals surface area contributed by atoms with Gasteiger partial charge in [-0.1, -0.05) is 66.7 Å². The number of carbonyl (C=O) groups excluding carboxylic acids is 3. The monoisotopic (exact) mass is 547 g/mol. The van der Waals surface area contributed by atoms with Gasteiger partial charge >= 0.3 is 0 Å². The van der Waals surface area contributed by atoms with Crippen LogP contribution in [0.3, 0.4) is 0 Å². The zero-order chi connectivity index (χ0) is 28.5. The number of hydrogen-bond donors (Lipinski definition) is 0. The first-order valence-electron chi connectivity index (χ1n) is 13.3. The fourth-order valence-corrected chi connectivity index (χ4v) is 6.97. The quantitative estimate of drug-likeness (QED) is 0.222. The van der Waals surface area contributed by atoms with Gasteiger partial charge in [0.2, 0.25) is 0 Å². The molecular weight excluding hydrogens is 524 g/mol. The van der Waals surface area contributed by atoms with Crippen molar-refractivity contribution in [1.82, 2.24) is 0 Å². The average molecular weight is 548 g/mol. The Labute approximate surface area is 234 Å². The standard InChI is InChI=1S/C34H23F2NO4/c1-41-22-8-6-7-20(18-22)31(38)30-29(25-11-4-5-12-26(25)36)34(32(39)23-9-2-3-10-24(23)33(34)40)28-16-13-19-17-21(35)14-15-27(19)37(28)30/h2-18,28-30H,1H3/t28-,29-,30-/m0/s1. The van der Waals surface area contributed by atoms with Crippen LogP contribution in [-0.2, 0) is 0 Å². The second-order valence-electron chi connectivity index (χ2n) is 10.5. The second-order valence-corrected chi connectivity index (χ2v) is 10.5. The van der Waals surface area contributed by atoms with Gasteiger partial charge in [-0.15, -0.1) is 0 Å². The molecule has 4 aromatic carbocycles. The van der Waals surface area contributed by atoms with Gasteiger partial charge < -0.3 is 9.64 Å². The number of benzene rings is 4. The first kappa shape index (κ1) is 25.1.